The number of benzene rings is 3. The van der Waals surface area contributed by atoms with Gasteiger partial charge in [0.1, 0.15) is 17.0 Å². The third-order valence-electron chi connectivity index (χ3n) is 7.15. The van der Waals surface area contributed by atoms with E-state index in [0.717, 1.165) is 35.1 Å². The summed E-state index contributed by atoms with van der Waals surface area (Å²) in [5, 5.41) is 4.09. The van der Waals surface area contributed by atoms with Crippen LogP contribution in [0.3, 0.4) is 0 Å². The van der Waals surface area contributed by atoms with Crippen molar-refractivity contribution >= 4 is 22.7 Å². The van der Waals surface area contributed by atoms with Crippen LogP contribution in [0, 0.1) is 0 Å². The third-order valence-corrected chi connectivity index (χ3v) is 7.15. The first-order chi connectivity index (χ1) is 17.5. The number of aryl methyl sites for hydroxylation is 1. The average molecular weight is 482 g/mol. The Morgan fingerprint density at radius 1 is 1.00 bits per heavy atom. The monoisotopic (exact) mass is 481 g/mol. The van der Waals surface area contributed by atoms with E-state index in [1.807, 2.05) is 84.3 Å². The molecule has 0 saturated heterocycles. The third kappa shape index (κ3) is 4.35. The highest BCUT2D eigenvalue weighted by Gasteiger charge is 2.47. The molecule has 2 amide bonds. The Balaban J connectivity index is 1.43. The predicted molar refractivity (Wildman–Crippen MR) is 141 cm³/mol. The van der Waals surface area contributed by atoms with Gasteiger partial charge < -0.3 is 19.5 Å². The number of rotatable bonds is 8. The number of fused-ring (bicyclic) bond motifs is 3. The zero-order chi connectivity index (χ0) is 25.1. The maximum absolute atomic E-state index is 13.8. The molecule has 0 saturated carbocycles. The van der Waals surface area contributed by atoms with E-state index >= 15 is 0 Å². The van der Waals surface area contributed by atoms with Gasteiger partial charge in [0.2, 0.25) is 5.91 Å². The molecule has 1 N–H and O–H groups in total. The van der Waals surface area contributed by atoms with E-state index in [4.69, 9.17) is 4.74 Å². The highest BCUT2D eigenvalue weighted by molar-refractivity contribution is 6.03. The first-order valence-corrected chi connectivity index (χ1v) is 12.4. The number of carbonyl (C=O) groups excluding carboxylic acids is 2. The van der Waals surface area contributed by atoms with Crippen LogP contribution < -0.4 is 10.1 Å². The highest BCUT2D eigenvalue weighted by Crippen LogP contribution is 2.33. The molecule has 0 fully saturated rings. The van der Waals surface area contributed by atoms with Crippen LogP contribution in [0.15, 0.2) is 84.9 Å². The van der Waals surface area contributed by atoms with Gasteiger partial charge in [-0.25, -0.2) is 0 Å². The van der Waals surface area contributed by atoms with Crippen molar-refractivity contribution in [1.29, 1.82) is 0 Å². The molecule has 0 unspecified atom stereocenters. The highest BCUT2D eigenvalue weighted by atomic mass is 16.5. The summed E-state index contributed by atoms with van der Waals surface area (Å²) in [6.07, 6.45) is 1.61. The van der Waals surface area contributed by atoms with Crippen molar-refractivity contribution in [3.8, 4) is 5.75 Å². The van der Waals surface area contributed by atoms with Gasteiger partial charge in [0.15, 0.2) is 0 Å². The number of nitrogens with zero attached hydrogens (tertiary/aromatic N) is 2. The Morgan fingerprint density at radius 2 is 1.72 bits per heavy atom. The molecule has 1 aliphatic heterocycles. The Morgan fingerprint density at radius 3 is 2.53 bits per heavy atom. The number of carbonyl (C=O) groups is 2. The van der Waals surface area contributed by atoms with Crippen LogP contribution >= 0.6 is 0 Å². The van der Waals surface area contributed by atoms with E-state index in [0.29, 0.717) is 25.3 Å². The quantitative estimate of drug-likeness (QED) is 0.393. The summed E-state index contributed by atoms with van der Waals surface area (Å²) in [5.41, 5.74) is 2.67. The predicted octanol–water partition coefficient (Wildman–Crippen LogP) is 4.81. The van der Waals surface area contributed by atoms with Crippen LogP contribution in [0.4, 0.5) is 0 Å². The maximum Gasteiger partial charge on any atom is 0.271 e. The van der Waals surface area contributed by atoms with Crippen LogP contribution in [0.5, 0.6) is 5.75 Å². The largest absolute Gasteiger partial charge is 0.496 e. The molecule has 184 valence electrons. The minimum atomic E-state index is -1.04. The van der Waals surface area contributed by atoms with Crippen molar-refractivity contribution in [1.82, 2.24) is 14.8 Å². The molecule has 0 radical (unpaired) electrons. The first kappa shape index (κ1) is 23.7. The molecular formula is C30H31N3O3. The molecule has 1 atom stereocenters. The molecular weight excluding hydrogens is 450 g/mol. The molecule has 36 heavy (non-hydrogen) atoms. The van der Waals surface area contributed by atoms with Crippen molar-refractivity contribution in [2.75, 3.05) is 13.7 Å². The van der Waals surface area contributed by atoms with E-state index in [9.17, 15) is 9.59 Å². The normalized spacial score (nSPS) is 17.2. The number of aromatic nitrogens is 1. The molecule has 3 aromatic carbocycles. The number of methoxy groups -OCH3 is 1. The summed E-state index contributed by atoms with van der Waals surface area (Å²) < 4.78 is 7.44. The summed E-state index contributed by atoms with van der Waals surface area (Å²) >= 11 is 0. The SMILES string of the molecule is COc1ccccc1CNC(=O)[C@@]1(C)Cn2c(cc3ccccc32)C(=O)N1CCCc1ccccc1. The standard InChI is InChI=1S/C30H31N3O3/c1-30(29(35)31-20-24-15-7-9-17-27(24)36-2)21-32-25-16-8-6-14-23(25)19-26(32)28(34)33(30)18-10-13-22-11-4-3-5-12-22/h3-9,11-12,14-17,19H,10,13,18,20-21H2,1-2H3,(H,31,35)/t30-/m1/s1. The lowest BCUT2D eigenvalue weighted by atomic mass is 9.93. The van der Waals surface area contributed by atoms with Gasteiger partial charge >= 0.3 is 0 Å². The molecule has 6 nitrogen and oxygen atoms in total. The smallest absolute Gasteiger partial charge is 0.271 e. The fourth-order valence-electron chi connectivity index (χ4n) is 5.16. The maximum atomic E-state index is 13.8. The minimum Gasteiger partial charge on any atom is -0.496 e. The lowest BCUT2D eigenvalue weighted by molar-refractivity contribution is -0.133. The second-order valence-corrected chi connectivity index (χ2v) is 9.49. The van der Waals surface area contributed by atoms with Crippen LogP contribution in [0.25, 0.3) is 10.9 Å². The van der Waals surface area contributed by atoms with Gasteiger partial charge in [0.25, 0.3) is 5.91 Å². The Hall–Kier alpha value is -4.06. The van der Waals surface area contributed by atoms with Crippen LogP contribution in [0.2, 0.25) is 0 Å². The molecule has 2 heterocycles. The summed E-state index contributed by atoms with van der Waals surface area (Å²) in [6, 6.07) is 27.7. The number of hydrogen-bond acceptors (Lipinski definition) is 3. The number of hydrogen-bond donors (Lipinski definition) is 1. The first-order valence-electron chi connectivity index (χ1n) is 12.4. The minimum absolute atomic E-state index is 0.111. The second-order valence-electron chi connectivity index (χ2n) is 9.49. The Kier molecular flexibility index (Phi) is 6.51. The van der Waals surface area contributed by atoms with E-state index < -0.39 is 5.54 Å². The number of para-hydroxylation sites is 2. The zero-order valence-electron chi connectivity index (χ0n) is 20.7. The molecule has 6 heteroatoms. The molecule has 4 aromatic rings. The average Bonchev–Trinajstić information content (AvgIpc) is 3.28. The summed E-state index contributed by atoms with van der Waals surface area (Å²) in [4.78, 5) is 29.4. The van der Waals surface area contributed by atoms with Crippen LogP contribution in [0.1, 0.15) is 35.0 Å². The van der Waals surface area contributed by atoms with Crippen molar-refractivity contribution < 1.29 is 14.3 Å². The Labute approximate surface area is 211 Å². The van der Waals surface area contributed by atoms with Crippen LogP contribution in [-0.2, 0) is 24.3 Å². The second kappa shape index (κ2) is 9.90. The molecule has 1 aliphatic rings. The molecule has 1 aromatic heterocycles. The van der Waals surface area contributed by atoms with Gasteiger partial charge in [0, 0.05) is 29.6 Å². The molecule has 0 spiro atoms. The molecule has 0 bridgehead atoms. The number of ether oxygens (including phenoxy) is 1. The number of amides is 2. The van der Waals surface area contributed by atoms with E-state index in [1.165, 1.54) is 5.56 Å². The molecule has 0 aliphatic carbocycles. The van der Waals surface area contributed by atoms with Gasteiger partial charge in [-0.05, 0) is 43.5 Å². The summed E-state index contributed by atoms with van der Waals surface area (Å²) in [5.74, 6) is 0.437. The van der Waals surface area contributed by atoms with Crippen molar-refractivity contribution in [2.24, 2.45) is 0 Å². The van der Waals surface area contributed by atoms with Crippen molar-refractivity contribution in [2.45, 2.75) is 38.4 Å². The number of nitrogens with one attached hydrogen (secondary N) is 1. The molecule has 5 rings (SSSR count). The topological polar surface area (TPSA) is 63.6 Å². The Bertz CT molecular complexity index is 1400. The van der Waals surface area contributed by atoms with E-state index in [-0.39, 0.29) is 11.8 Å². The zero-order valence-corrected chi connectivity index (χ0v) is 20.7. The summed E-state index contributed by atoms with van der Waals surface area (Å²) in [7, 11) is 1.62. The van der Waals surface area contributed by atoms with Gasteiger partial charge in [-0.15, -0.1) is 0 Å². The van der Waals surface area contributed by atoms with E-state index in [1.54, 1.807) is 12.0 Å². The fourth-order valence-corrected chi connectivity index (χ4v) is 5.16. The van der Waals surface area contributed by atoms with Crippen molar-refractivity contribution in [3.05, 3.63) is 102 Å². The van der Waals surface area contributed by atoms with Gasteiger partial charge in [0.05, 0.1) is 13.7 Å². The van der Waals surface area contributed by atoms with Gasteiger partial charge in [-0.3, -0.25) is 9.59 Å². The van der Waals surface area contributed by atoms with Crippen LogP contribution in [-0.4, -0.2) is 40.5 Å². The lowest BCUT2D eigenvalue weighted by Gasteiger charge is -2.44. The summed E-state index contributed by atoms with van der Waals surface area (Å²) in [6.45, 7) is 3.09. The van der Waals surface area contributed by atoms with Crippen molar-refractivity contribution in [3.63, 3.8) is 0 Å². The van der Waals surface area contributed by atoms with Gasteiger partial charge in [-0.1, -0.05) is 66.7 Å². The fraction of sp³-hybridized carbons (Fsp3) is 0.267. The van der Waals surface area contributed by atoms with E-state index in [2.05, 4.69) is 17.4 Å². The van der Waals surface area contributed by atoms with Gasteiger partial charge in [-0.2, -0.15) is 0 Å². The lowest BCUT2D eigenvalue weighted by Crippen LogP contribution is -2.64.